The van der Waals surface area contributed by atoms with Gasteiger partial charge in [-0.25, -0.2) is 0 Å². The van der Waals surface area contributed by atoms with Gasteiger partial charge in [0.25, 0.3) is 0 Å². The predicted molar refractivity (Wildman–Crippen MR) is 72.1 cm³/mol. The first-order chi connectivity index (χ1) is 9.11. The lowest BCUT2D eigenvalue weighted by molar-refractivity contribution is 0.174. The van der Waals surface area contributed by atoms with E-state index in [0.29, 0.717) is 6.54 Å². The molecule has 1 aromatic carbocycles. The molecule has 0 spiro atoms. The van der Waals surface area contributed by atoms with E-state index in [9.17, 15) is 0 Å². The number of fused-ring (bicyclic) bond motifs is 1. The van der Waals surface area contributed by atoms with Gasteiger partial charge < -0.3 is 15.2 Å². The standard InChI is InChI=1S/C14H17N3O2/c1-8-4-12-13(19-7-18-12)5-10(8)14-9(2)17(3)16-11(14)6-15/h4-5H,6-7,15H2,1-3H3. The average molecular weight is 259 g/mol. The lowest BCUT2D eigenvalue weighted by atomic mass is 9.98. The number of aryl methyl sites for hydroxylation is 2. The van der Waals surface area contributed by atoms with Crippen molar-refractivity contribution in [3.8, 4) is 22.6 Å². The fourth-order valence-electron chi connectivity index (χ4n) is 2.48. The van der Waals surface area contributed by atoms with Crippen LogP contribution < -0.4 is 15.2 Å². The van der Waals surface area contributed by atoms with E-state index in [2.05, 4.69) is 12.0 Å². The number of rotatable bonds is 2. The van der Waals surface area contributed by atoms with Crippen LogP contribution >= 0.6 is 0 Å². The highest BCUT2D eigenvalue weighted by atomic mass is 16.7. The summed E-state index contributed by atoms with van der Waals surface area (Å²) in [6.07, 6.45) is 0. The Morgan fingerprint density at radius 2 is 1.95 bits per heavy atom. The van der Waals surface area contributed by atoms with Crippen molar-refractivity contribution in [1.29, 1.82) is 0 Å². The van der Waals surface area contributed by atoms with E-state index >= 15 is 0 Å². The van der Waals surface area contributed by atoms with Crippen LogP contribution in [0.25, 0.3) is 11.1 Å². The molecule has 3 rings (SSSR count). The Balaban J connectivity index is 2.22. The number of hydrogen-bond donors (Lipinski definition) is 1. The Morgan fingerprint density at radius 1 is 1.26 bits per heavy atom. The van der Waals surface area contributed by atoms with E-state index in [4.69, 9.17) is 15.2 Å². The van der Waals surface area contributed by atoms with Crippen LogP contribution in [-0.4, -0.2) is 16.6 Å². The largest absolute Gasteiger partial charge is 0.454 e. The lowest BCUT2D eigenvalue weighted by Crippen LogP contribution is -2.00. The molecule has 5 heteroatoms. The van der Waals surface area contributed by atoms with Crippen LogP contribution in [0.15, 0.2) is 12.1 Å². The van der Waals surface area contributed by atoms with E-state index < -0.39 is 0 Å². The van der Waals surface area contributed by atoms with Crippen LogP contribution in [0.3, 0.4) is 0 Å². The fourth-order valence-corrected chi connectivity index (χ4v) is 2.48. The van der Waals surface area contributed by atoms with E-state index in [1.54, 1.807) is 0 Å². The second-order valence-electron chi connectivity index (χ2n) is 4.76. The zero-order valence-electron chi connectivity index (χ0n) is 11.4. The zero-order valence-corrected chi connectivity index (χ0v) is 11.4. The molecular formula is C14H17N3O2. The minimum absolute atomic E-state index is 0.286. The molecule has 0 bridgehead atoms. The Labute approximate surface area is 111 Å². The van der Waals surface area contributed by atoms with Crippen molar-refractivity contribution in [2.75, 3.05) is 6.79 Å². The highest BCUT2D eigenvalue weighted by Crippen LogP contribution is 2.40. The monoisotopic (exact) mass is 259 g/mol. The molecule has 0 saturated carbocycles. The topological polar surface area (TPSA) is 62.3 Å². The molecule has 2 heterocycles. The van der Waals surface area contributed by atoms with E-state index in [0.717, 1.165) is 39.6 Å². The maximum absolute atomic E-state index is 5.80. The average Bonchev–Trinajstić information content (AvgIpc) is 2.94. The number of ether oxygens (including phenoxy) is 2. The van der Waals surface area contributed by atoms with Gasteiger partial charge in [0, 0.05) is 24.8 Å². The van der Waals surface area contributed by atoms with Crippen LogP contribution in [0.1, 0.15) is 17.0 Å². The third kappa shape index (κ3) is 1.77. The van der Waals surface area contributed by atoms with Crippen LogP contribution in [0.5, 0.6) is 11.5 Å². The zero-order chi connectivity index (χ0) is 13.6. The summed E-state index contributed by atoms with van der Waals surface area (Å²) in [5, 5.41) is 4.46. The molecule has 5 nitrogen and oxygen atoms in total. The summed E-state index contributed by atoms with van der Waals surface area (Å²) in [6, 6.07) is 4.02. The molecule has 0 radical (unpaired) electrons. The second-order valence-corrected chi connectivity index (χ2v) is 4.76. The summed E-state index contributed by atoms with van der Waals surface area (Å²) in [4.78, 5) is 0. The van der Waals surface area contributed by atoms with Gasteiger partial charge in [0.1, 0.15) is 0 Å². The van der Waals surface area contributed by atoms with Crippen LogP contribution in [0.4, 0.5) is 0 Å². The van der Waals surface area contributed by atoms with Crippen LogP contribution in [0.2, 0.25) is 0 Å². The molecule has 2 N–H and O–H groups in total. The van der Waals surface area contributed by atoms with Crippen LogP contribution in [0, 0.1) is 13.8 Å². The van der Waals surface area contributed by atoms with E-state index in [-0.39, 0.29) is 6.79 Å². The molecule has 1 aliphatic rings. The van der Waals surface area contributed by atoms with E-state index in [1.165, 1.54) is 0 Å². The third-order valence-corrected chi connectivity index (χ3v) is 3.59. The molecule has 19 heavy (non-hydrogen) atoms. The molecule has 100 valence electrons. The van der Waals surface area contributed by atoms with Crippen molar-refractivity contribution < 1.29 is 9.47 Å². The Morgan fingerprint density at radius 3 is 2.63 bits per heavy atom. The van der Waals surface area contributed by atoms with E-state index in [1.807, 2.05) is 30.8 Å². The van der Waals surface area contributed by atoms with Gasteiger partial charge in [0.05, 0.1) is 5.69 Å². The van der Waals surface area contributed by atoms with Crippen LogP contribution in [-0.2, 0) is 13.6 Å². The minimum atomic E-state index is 0.286. The van der Waals surface area contributed by atoms with Gasteiger partial charge in [0.2, 0.25) is 6.79 Å². The molecule has 1 aliphatic heterocycles. The Kier molecular flexibility index (Phi) is 2.71. The van der Waals surface area contributed by atoms with Gasteiger partial charge in [-0.15, -0.1) is 0 Å². The summed E-state index contributed by atoms with van der Waals surface area (Å²) in [6.45, 7) is 4.81. The lowest BCUT2D eigenvalue weighted by Gasteiger charge is -2.09. The molecular weight excluding hydrogens is 242 g/mol. The van der Waals surface area contributed by atoms with Gasteiger partial charge in [-0.2, -0.15) is 5.10 Å². The Hall–Kier alpha value is -2.01. The summed E-state index contributed by atoms with van der Waals surface area (Å²) in [5.74, 6) is 1.59. The first-order valence-electron chi connectivity index (χ1n) is 6.25. The second kappa shape index (κ2) is 4.28. The van der Waals surface area contributed by atoms with Crippen molar-refractivity contribution in [3.63, 3.8) is 0 Å². The highest BCUT2D eigenvalue weighted by molar-refractivity contribution is 5.75. The van der Waals surface area contributed by atoms with Crippen molar-refractivity contribution in [1.82, 2.24) is 9.78 Å². The SMILES string of the molecule is Cc1cc2c(cc1-c1c(CN)nn(C)c1C)OCO2. The van der Waals surface area contributed by atoms with Crippen molar-refractivity contribution >= 4 is 0 Å². The predicted octanol–water partition coefficient (Wildman–Crippen LogP) is 1.89. The number of benzene rings is 1. The third-order valence-electron chi connectivity index (χ3n) is 3.59. The number of aromatic nitrogens is 2. The minimum Gasteiger partial charge on any atom is -0.454 e. The summed E-state index contributed by atoms with van der Waals surface area (Å²) in [7, 11) is 1.93. The number of hydrogen-bond acceptors (Lipinski definition) is 4. The normalized spacial score (nSPS) is 13.1. The quantitative estimate of drug-likeness (QED) is 0.894. The summed E-state index contributed by atoms with van der Waals surface area (Å²) >= 11 is 0. The maximum atomic E-state index is 5.80. The molecule has 0 saturated heterocycles. The molecule has 2 aromatic rings. The molecule has 1 aromatic heterocycles. The van der Waals surface area contributed by atoms with Gasteiger partial charge in [-0.05, 0) is 37.1 Å². The maximum Gasteiger partial charge on any atom is 0.231 e. The highest BCUT2D eigenvalue weighted by Gasteiger charge is 2.20. The molecule has 0 unspecified atom stereocenters. The summed E-state index contributed by atoms with van der Waals surface area (Å²) in [5.41, 5.74) is 11.1. The molecule has 0 atom stereocenters. The van der Waals surface area contributed by atoms with Crippen molar-refractivity contribution in [2.45, 2.75) is 20.4 Å². The van der Waals surface area contributed by atoms with Crippen molar-refractivity contribution in [3.05, 3.63) is 29.1 Å². The van der Waals surface area contributed by atoms with Gasteiger partial charge >= 0.3 is 0 Å². The first-order valence-corrected chi connectivity index (χ1v) is 6.25. The Bertz CT molecular complexity index is 647. The molecule has 0 aliphatic carbocycles. The molecule has 0 amide bonds. The smallest absolute Gasteiger partial charge is 0.231 e. The van der Waals surface area contributed by atoms with Crippen molar-refractivity contribution in [2.24, 2.45) is 12.8 Å². The first kappa shape index (κ1) is 12.0. The summed E-state index contributed by atoms with van der Waals surface area (Å²) < 4.78 is 12.7. The van der Waals surface area contributed by atoms with Gasteiger partial charge in [0.15, 0.2) is 11.5 Å². The van der Waals surface area contributed by atoms with Gasteiger partial charge in [-0.3, -0.25) is 4.68 Å². The molecule has 0 fully saturated rings. The van der Waals surface area contributed by atoms with Gasteiger partial charge in [-0.1, -0.05) is 0 Å². The fraction of sp³-hybridized carbons (Fsp3) is 0.357. The number of nitrogens with zero attached hydrogens (tertiary/aromatic N) is 2. The number of nitrogens with two attached hydrogens (primary N) is 1.